The van der Waals surface area contributed by atoms with Gasteiger partial charge in [0.15, 0.2) is 0 Å². The van der Waals surface area contributed by atoms with Crippen LogP contribution >= 0.6 is 0 Å². The second-order valence-corrected chi connectivity index (χ2v) is 10.0. The maximum absolute atomic E-state index is 12.7. The van der Waals surface area contributed by atoms with Crippen molar-refractivity contribution in [2.75, 3.05) is 0 Å². The van der Waals surface area contributed by atoms with Gasteiger partial charge in [0, 0.05) is 18.1 Å². The number of fused-ring (bicyclic) bond motifs is 5. The van der Waals surface area contributed by atoms with Crippen molar-refractivity contribution in [1.82, 2.24) is 0 Å². The number of phenols is 1. The van der Waals surface area contributed by atoms with Gasteiger partial charge in [-0.2, -0.15) is 0 Å². The van der Waals surface area contributed by atoms with E-state index in [0.717, 1.165) is 55.2 Å². The molecule has 0 unspecified atom stereocenters. The van der Waals surface area contributed by atoms with Gasteiger partial charge in [-0.05, 0) is 85.3 Å². The smallest absolute Gasteiger partial charge is 0.311 e. The molecular formula is C27H32O4. The average molecular weight is 421 g/mol. The van der Waals surface area contributed by atoms with Crippen LogP contribution in [0.3, 0.4) is 0 Å². The van der Waals surface area contributed by atoms with Crippen LogP contribution in [0.15, 0.2) is 42.5 Å². The number of phenolic OH excluding ortho intramolecular Hbond substituents is 1. The van der Waals surface area contributed by atoms with Crippen molar-refractivity contribution in [2.45, 2.75) is 70.3 Å². The van der Waals surface area contributed by atoms with Crippen LogP contribution < -0.4 is 4.74 Å². The van der Waals surface area contributed by atoms with Gasteiger partial charge in [-0.3, -0.25) is 4.79 Å². The molecule has 0 amide bonds. The van der Waals surface area contributed by atoms with Gasteiger partial charge in [0.1, 0.15) is 11.5 Å². The molecule has 2 aromatic carbocycles. The Morgan fingerprint density at radius 2 is 1.94 bits per heavy atom. The number of carbonyl (C=O) groups is 1. The lowest BCUT2D eigenvalue weighted by atomic mass is 9.55. The van der Waals surface area contributed by atoms with Crippen LogP contribution in [0.5, 0.6) is 11.5 Å². The minimum atomic E-state index is -0.254. The molecule has 2 aromatic rings. The van der Waals surface area contributed by atoms with E-state index < -0.39 is 0 Å². The SMILES string of the molecule is C[C@]12CC[C@@H]3c4c(cc(O)cc4OC(=O)CCc4ccccc4)CC[C@H]3[C@@H]1CC[C@H]2O. The highest BCUT2D eigenvalue weighted by Crippen LogP contribution is 2.62. The maximum Gasteiger partial charge on any atom is 0.311 e. The predicted octanol–water partition coefficient (Wildman–Crippen LogP) is 5.15. The monoisotopic (exact) mass is 420 g/mol. The Hall–Kier alpha value is -2.33. The first-order chi connectivity index (χ1) is 15.0. The van der Waals surface area contributed by atoms with Crippen molar-refractivity contribution in [3.05, 3.63) is 59.2 Å². The second kappa shape index (κ2) is 7.98. The van der Waals surface area contributed by atoms with E-state index in [2.05, 4.69) is 6.92 Å². The summed E-state index contributed by atoms with van der Waals surface area (Å²) in [5, 5.41) is 20.9. The summed E-state index contributed by atoms with van der Waals surface area (Å²) in [6.07, 6.45) is 6.71. The van der Waals surface area contributed by atoms with Gasteiger partial charge in [-0.1, -0.05) is 37.3 Å². The Morgan fingerprint density at radius 3 is 2.74 bits per heavy atom. The first-order valence-corrected chi connectivity index (χ1v) is 11.7. The number of aromatic hydroxyl groups is 1. The van der Waals surface area contributed by atoms with Gasteiger partial charge in [0.05, 0.1) is 6.10 Å². The molecule has 2 N–H and O–H groups in total. The topological polar surface area (TPSA) is 66.8 Å². The molecule has 0 heterocycles. The molecule has 3 aliphatic carbocycles. The fraction of sp³-hybridized carbons (Fsp3) is 0.519. The van der Waals surface area contributed by atoms with Crippen molar-refractivity contribution in [2.24, 2.45) is 17.3 Å². The van der Waals surface area contributed by atoms with Crippen LogP contribution in [0.1, 0.15) is 68.1 Å². The second-order valence-electron chi connectivity index (χ2n) is 10.0. The maximum atomic E-state index is 12.7. The van der Waals surface area contributed by atoms with E-state index >= 15 is 0 Å². The summed E-state index contributed by atoms with van der Waals surface area (Å²) in [7, 11) is 0. The molecule has 0 bridgehead atoms. The van der Waals surface area contributed by atoms with E-state index in [0.29, 0.717) is 36.3 Å². The quantitative estimate of drug-likeness (QED) is 0.530. The minimum absolute atomic E-state index is 0.0160. The zero-order valence-electron chi connectivity index (χ0n) is 18.2. The Balaban J connectivity index is 1.39. The van der Waals surface area contributed by atoms with Crippen LogP contribution in [-0.4, -0.2) is 22.3 Å². The Labute approximate surface area is 184 Å². The lowest BCUT2D eigenvalue weighted by Gasteiger charge is -2.50. The fourth-order valence-electron chi connectivity index (χ4n) is 6.79. The average Bonchev–Trinajstić information content (AvgIpc) is 3.07. The van der Waals surface area contributed by atoms with Gasteiger partial charge in [-0.25, -0.2) is 0 Å². The zero-order chi connectivity index (χ0) is 21.6. The molecular weight excluding hydrogens is 388 g/mol. The van der Waals surface area contributed by atoms with E-state index in [-0.39, 0.29) is 23.2 Å². The van der Waals surface area contributed by atoms with Crippen LogP contribution in [0.2, 0.25) is 0 Å². The Kier molecular flexibility index (Phi) is 5.29. The molecule has 0 aliphatic heterocycles. The third-order valence-electron chi connectivity index (χ3n) is 8.40. The number of esters is 1. The van der Waals surface area contributed by atoms with Crippen molar-refractivity contribution >= 4 is 5.97 Å². The normalized spacial score (nSPS) is 31.4. The molecule has 2 fully saturated rings. The summed E-state index contributed by atoms with van der Waals surface area (Å²) in [4.78, 5) is 12.7. The highest BCUT2D eigenvalue weighted by Gasteiger charge is 2.54. The van der Waals surface area contributed by atoms with Crippen LogP contribution in [-0.2, 0) is 17.6 Å². The summed E-state index contributed by atoms with van der Waals surface area (Å²) in [5.74, 6) is 1.82. The number of aryl methyl sites for hydroxylation is 2. The molecule has 2 saturated carbocycles. The lowest BCUT2D eigenvalue weighted by Crippen LogP contribution is -2.44. The number of benzene rings is 2. The van der Waals surface area contributed by atoms with Gasteiger partial charge >= 0.3 is 5.97 Å². The molecule has 4 heteroatoms. The Bertz CT molecular complexity index is 969. The van der Waals surface area contributed by atoms with Crippen LogP contribution in [0.25, 0.3) is 0 Å². The minimum Gasteiger partial charge on any atom is -0.508 e. The predicted molar refractivity (Wildman–Crippen MR) is 119 cm³/mol. The molecule has 4 nitrogen and oxygen atoms in total. The van der Waals surface area contributed by atoms with Crippen molar-refractivity contribution in [3.63, 3.8) is 0 Å². The first-order valence-electron chi connectivity index (χ1n) is 11.7. The lowest BCUT2D eigenvalue weighted by molar-refractivity contribution is -0.134. The number of carbonyl (C=O) groups excluding carboxylic acids is 1. The van der Waals surface area contributed by atoms with Crippen molar-refractivity contribution < 1.29 is 19.7 Å². The largest absolute Gasteiger partial charge is 0.508 e. The summed E-state index contributed by atoms with van der Waals surface area (Å²) in [6.45, 7) is 2.27. The van der Waals surface area contributed by atoms with E-state index in [1.807, 2.05) is 36.4 Å². The molecule has 5 atom stereocenters. The molecule has 31 heavy (non-hydrogen) atoms. The standard InChI is InChI=1S/C27H32O4/c1-27-14-13-21-20(22(27)10-11-24(27)29)9-8-18-15-19(28)16-23(26(18)21)31-25(30)12-7-17-5-3-2-4-6-17/h2-6,15-16,20-22,24,28-29H,7-14H2,1H3/t20-,21+,22+,24-,27+/m1/s1. The van der Waals surface area contributed by atoms with Crippen LogP contribution in [0.4, 0.5) is 0 Å². The number of hydrogen-bond donors (Lipinski definition) is 2. The van der Waals surface area contributed by atoms with Gasteiger partial charge < -0.3 is 14.9 Å². The van der Waals surface area contributed by atoms with Gasteiger partial charge in [-0.15, -0.1) is 0 Å². The van der Waals surface area contributed by atoms with E-state index in [4.69, 9.17) is 4.74 Å². The highest BCUT2D eigenvalue weighted by atomic mass is 16.5. The molecule has 5 rings (SSSR count). The Morgan fingerprint density at radius 1 is 1.13 bits per heavy atom. The van der Waals surface area contributed by atoms with E-state index in [1.54, 1.807) is 6.07 Å². The molecule has 164 valence electrons. The number of aliphatic hydroxyl groups excluding tert-OH is 1. The summed E-state index contributed by atoms with van der Waals surface area (Å²) in [6, 6.07) is 13.4. The zero-order valence-corrected chi connectivity index (χ0v) is 18.2. The third-order valence-corrected chi connectivity index (χ3v) is 8.40. The number of aliphatic hydroxyl groups is 1. The third kappa shape index (κ3) is 3.65. The number of ether oxygens (including phenoxy) is 1. The molecule has 0 spiro atoms. The summed E-state index contributed by atoms with van der Waals surface area (Å²) >= 11 is 0. The summed E-state index contributed by atoms with van der Waals surface area (Å²) in [5.41, 5.74) is 3.38. The van der Waals surface area contributed by atoms with E-state index in [9.17, 15) is 15.0 Å². The van der Waals surface area contributed by atoms with Gasteiger partial charge in [0.2, 0.25) is 0 Å². The fourth-order valence-corrected chi connectivity index (χ4v) is 6.79. The molecule has 0 radical (unpaired) electrons. The molecule has 3 aliphatic rings. The van der Waals surface area contributed by atoms with Gasteiger partial charge in [0.25, 0.3) is 0 Å². The molecule has 0 aromatic heterocycles. The van der Waals surface area contributed by atoms with Crippen LogP contribution in [0, 0.1) is 17.3 Å². The molecule has 0 saturated heterocycles. The number of hydrogen-bond acceptors (Lipinski definition) is 4. The van der Waals surface area contributed by atoms with Crippen molar-refractivity contribution in [3.8, 4) is 11.5 Å². The first kappa shape index (κ1) is 20.6. The van der Waals surface area contributed by atoms with Crippen molar-refractivity contribution in [1.29, 1.82) is 0 Å². The van der Waals surface area contributed by atoms with E-state index in [1.165, 1.54) is 0 Å². The highest BCUT2D eigenvalue weighted by molar-refractivity contribution is 5.74. The number of rotatable bonds is 4. The summed E-state index contributed by atoms with van der Waals surface area (Å²) < 4.78 is 5.87.